The fraction of sp³-hybridized carbons (Fsp3) is 0.0556. The quantitative estimate of drug-likeness (QED) is 0.588. The summed E-state index contributed by atoms with van der Waals surface area (Å²) < 4.78 is 27.7. The predicted octanol–water partition coefficient (Wildman–Crippen LogP) is 4.10. The summed E-state index contributed by atoms with van der Waals surface area (Å²) in [5.74, 6) is -1.05. The minimum Gasteiger partial charge on any atom is -0.477 e. The molecule has 2 aromatic heterocycles. The third-order valence-electron chi connectivity index (χ3n) is 4.18. The van der Waals surface area contributed by atoms with Crippen LogP contribution in [0.15, 0.2) is 59.5 Å². The number of nitrogens with zero attached hydrogens (tertiary/aromatic N) is 1. The summed E-state index contributed by atoms with van der Waals surface area (Å²) in [5.41, 5.74) is 1.14. The monoisotopic (exact) mass is 371 g/mol. The van der Waals surface area contributed by atoms with Crippen LogP contribution < -0.4 is 0 Å². The summed E-state index contributed by atoms with van der Waals surface area (Å²) in [7, 11) is -3.84. The maximum absolute atomic E-state index is 13.2. The summed E-state index contributed by atoms with van der Waals surface area (Å²) in [6.07, 6.45) is 0. The van der Waals surface area contributed by atoms with Gasteiger partial charge in [-0.1, -0.05) is 36.4 Å². The van der Waals surface area contributed by atoms with Crippen LogP contribution in [0.4, 0.5) is 0 Å². The highest BCUT2D eigenvalue weighted by atomic mass is 32.2. The topological polar surface area (TPSA) is 76.4 Å². The van der Waals surface area contributed by atoms with Crippen LogP contribution in [0, 0.1) is 6.92 Å². The predicted molar refractivity (Wildman–Crippen MR) is 98.0 cm³/mol. The maximum Gasteiger partial charge on any atom is 0.346 e. The van der Waals surface area contributed by atoms with Crippen LogP contribution in [0.25, 0.3) is 21.1 Å². The molecule has 0 radical (unpaired) electrons. The van der Waals surface area contributed by atoms with Crippen molar-refractivity contribution in [3.05, 3.63) is 65.0 Å². The molecule has 4 aromatic rings. The Labute approximate surface area is 147 Å². The molecule has 0 saturated carbocycles. The minimum absolute atomic E-state index is 0.160. The molecule has 25 heavy (non-hydrogen) atoms. The molecule has 2 aromatic carbocycles. The van der Waals surface area contributed by atoms with Gasteiger partial charge in [0.25, 0.3) is 10.0 Å². The molecule has 2 heterocycles. The van der Waals surface area contributed by atoms with Crippen molar-refractivity contribution < 1.29 is 18.3 Å². The fourth-order valence-electron chi connectivity index (χ4n) is 3.07. The van der Waals surface area contributed by atoms with Gasteiger partial charge >= 0.3 is 5.97 Å². The summed E-state index contributed by atoms with van der Waals surface area (Å²) in [4.78, 5) is 12.3. The molecule has 0 aliphatic rings. The number of aromatic carboxylic acids is 1. The summed E-state index contributed by atoms with van der Waals surface area (Å²) in [5, 5.41) is 10.8. The maximum atomic E-state index is 13.2. The Bertz CT molecular complexity index is 1230. The molecule has 0 saturated heterocycles. The van der Waals surface area contributed by atoms with Crippen LogP contribution >= 0.6 is 11.3 Å². The molecule has 0 amide bonds. The average molecular weight is 371 g/mol. The van der Waals surface area contributed by atoms with Crippen molar-refractivity contribution in [3.63, 3.8) is 0 Å². The second-order valence-electron chi connectivity index (χ2n) is 5.64. The number of carboxylic acid groups (broad SMARTS) is 1. The van der Waals surface area contributed by atoms with Gasteiger partial charge in [-0.3, -0.25) is 0 Å². The molecule has 5 nitrogen and oxygen atoms in total. The van der Waals surface area contributed by atoms with Crippen LogP contribution in [-0.4, -0.2) is 23.5 Å². The first-order chi connectivity index (χ1) is 11.9. The first-order valence-corrected chi connectivity index (χ1v) is 9.75. The van der Waals surface area contributed by atoms with Crippen LogP contribution in [0.5, 0.6) is 0 Å². The van der Waals surface area contributed by atoms with E-state index in [0.29, 0.717) is 21.3 Å². The number of hydrogen-bond acceptors (Lipinski definition) is 4. The highest BCUT2D eigenvalue weighted by Crippen LogP contribution is 2.40. The third kappa shape index (κ3) is 2.20. The number of benzene rings is 2. The molecule has 0 unspecified atom stereocenters. The molecular formula is C18H13NO4S2. The number of carboxylic acids is 1. The zero-order valence-electron chi connectivity index (χ0n) is 13.1. The van der Waals surface area contributed by atoms with Gasteiger partial charge in [-0.25, -0.2) is 17.2 Å². The van der Waals surface area contributed by atoms with Gasteiger partial charge in [0.15, 0.2) is 0 Å². The highest BCUT2D eigenvalue weighted by Gasteiger charge is 2.27. The van der Waals surface area contributed by atoms with E-state index in [4.69, 9.17) is 0 Å². The van der Waals surface area contributed by atoms with Gasteiger partial charge in [0.05, 0.1) is 10.4 Å². The molecule has 1 N–H and O–H groups in total. The van der Waals surface area contributed by atoms with Crippen molar-refractivity contribution in [2.45, 2.75) is 11.8 Å². The van der Waals surface area contributed by atoms with E-state index in [1.54, 1.807) is 37.3 Å². The largest absolute Gasteiger partial charge is 0.477 e. The van der Waals surface area contributed by atoms with Crippen molar-refractivity contribution in [3.8, 4) is 0 Å². The molecule has 0 atom stereocenters. The number of aromatic nitrogens is 1. The van der Waals surface area contributed by atoms with Crippen LogP contribution in [0.2, 0.25) is 0 Å². The van der Waals surface area contributed by atoms with Gasteiger partial charge in [0, 0.05) is 10.8 Å². The fourth-order valence-corrected chi connectivity index (χ4v) is 6.00. The molecule has 126 valence electrons. The molecule has 4 rings (SSSR count). The number of fused-ring (bicyclic) bond motifs is 3. The Balaban J connectivity index is 2.19. The normalized spacial score (nSPS) is 12.0. The minimum atomic E-state index is -3.84. The lowest BCUT2D eigenvalue weighted by atomic mass is 10.1. The Hall–Kier alpha value is -2.64. The Morgan fingerprint density at radius 1 is 1.04 bits per heavy atom. The van der Waals surface area contributed by atoms with E-state index in [0.717, 1.165) is 16.7 Å². The molecule has 0 spiro atoms. The number of thiophene rings is 1. The standard InChI is InChI=1S/C18H13NO4S2/c1-11-15-13-9-5-6-10-14(13)19(17(15)24-16(11)18(20)21)25(22,23)12-7-3-2-4-8-12/h2-10H,1H3,(H,20,21). The van der Waals surface area contributed by atoms with E-state index in [1.807, 2.05) is 12.1 Å². The van der Waals surface area contributed by atoms with E-state index in [1.165, 1.54) is 16.1 Å². The number of carbonyl (C=O) groups is 1. The molecule has 0 aliphatic heterocycles. The lowest BCUT2D eigenvalue weighted by Crippen LogP contribution is -2.12. The van der Waals surface area contributed by atoms with Gasteiger partial charge in [-0.05, 0) is 30.7 Å². The molecule has 0 fully saturated rings. The second kappa shape index (κ2) is 5.44. The van der Waals surface area contributed by atoms with Crippen molar-refractivity contribution in [2.24, 2.45) is 0 Å². The van der Waals surface area contributed by atoms with Crippen LogP contribution in [0.1, 0.15) is 15.2 Å². The highest BCUT2D eigenvalue weighted by molar-refractivity contribution is 7.90. The lowest BCUT2D eigenvalue weighted by molar-refractivity contribution is 0.0701. The zero-order valence-corrected chi connectivity index (χ0v) is 14.8. The number of rotatable bonds is 3. The van der Waals surface area contributed by atoms with E-state index >= 15 is 0 Å². The van der Waals surface area contributed by atoms with Crippen molar-refractivity contribution >= 4 is 48.4 Å². The van der Waals surface area contributed by atoms with E-state index in [9.17, 15) is 18.3 Å². The SMILES string of the molecule is Cc1c(C(=O)O)sc2c1c1ccccc1n2S(=O)(=O)c1ccccc1. The number of aryl methyl sites for hydroxylation is 1. The molecule has 7 heteroatoms. The van der Waals surface area contributed by atoms with Gasteiger partial charge in [0.2, 0.25) is 0 Å². The van der Waals surface area contributed by atoms with Gasteiger partial charge in [0.1, 0.15) is 9.71 Å². The summed E-state index contributed by atoms with van der Waals surface area (Å²) in [6.45, 7) is 1.72. The lowest BCUT2D eigenvalue weighted by Gasteiger charge is -2.08. The first kappa shape index (κ1) is 15.9. The zero-order chi connectivity index (χ0) is 17.8. The third-order valence-corrected chi connectivity index (χ3v) is 7.29. The second-order valence-corrected chi connectivity index (χ2v) is 8.43. The van der Waals surface area contributed by atoms with Crippen LogP contribution in [-0.2, 0) is 10.0 Å². The Kier molecular flexibility index (Phi) is 3.45. The van der Waals surface area contributed by atoms with Gasteiger partial charge < -0.3 is 5.11 Å². The average Bonchev–Trinajstić information content (AvgIpc) is 3.10. The van der Waals surface area contributed by atoms with Crippen LogP contribution in [0.3, 0.4) is 0 Å². The van der Waals surface area contributed by atoms with Crippen molar-refractivity contribution in [1.82, 2.24) is 3.97 Å². The van der Waals surface area contributed by atoms with Gasteiger partial charge in [-0.2, -0.15) is 0 Å². The van der Waals surface area contributed by atoms with Crippen molar-refractivity contribution in [1.29, 1.82) is 0 Å². The van der Waals surface area contributed by atoms with E-state index in [2.05, 4.69) is 0 Å². The summed E-state index contributed by atoms with van der Waals surface area (Å²) >= 11 is 0.990. The van der Waals surface area contributed by atoms with Gasteiger partial charge in [-0.15, -0.1) is 11.3 Å². The molecular weight excluding hydrogens is 358 g/mol. The van der Waals surface area contributed by atoms with E-state index in [-0.39, 0.29) is 9.77 Å². The number of para-hydroxylation sites is 1. The Morgan fingerprint density at radius 2 is 1.68 bits per heavy atom. The molecule has 0 aliphatic carbocycles. The smallest absolute Gasteiger partial charge is 0.346 e. The first-order valence-electron chi connectivity index (χ1n) is 7.49. The molecule has 0 bridgehead atoms. The van der Waals surface area contributed by atoms with Crippen molar-refractivity contribution in [2.75, 3.05) is 0 Å². The summed E-state index contributed by atoms with van der Waals surface area (Å²) in [6, 6.07) is 15.3. The number of hydrogen-bond donors (Lipinski definition) is 1. The van der Waals surface area contributed by atoms with E-state index < -0.39 is 16.0 Å². The Morgan fingerprint density at radius 3 is 2.36 bits per heavy atom.